The molecule has 0 amide bonds. The molecule has 0 saturated heterocycles. The molecule has 1 unspecified atom stereocenters. The molecule has 0 spiro atoms. The predicted octanol–water partition coefficient (Wildman–Crippen LogP) is 0.999. The van der Waals surface area contributed by atoms with Crippen LogP contribution in [0.4, 0.5) is 5.82 Å². The minimum atomic E-state index is -0.898. The zero-order valence-corrected chi connectivity index (χ0v) is 8.97. The number of rotatable bonds is 4. The first-order valence-corrected chi connectivity index (χ1v) is 4.52. The Morgan fingerprint density at radius 1 is 1.67 bits per heavy atom. The molecular weight excluding hydrogens is 196 g/mol. The molecule has 1 heterocycles. The van der Waals surface area contributed by atoms with Crippen LogP contribution in [0, 0.1) is 0 Å². The Labute approximate surface area is 88.3 Å². The van der Waals surface area contributed by atoms with Crippen LogP contribution in [0.5, 0.6) is 5.75 Å². The fraction of sp³-hybridized carbons (Fsp3) is 0.400. The van der Waals surface area contributed by atoms with Gasteiger partial charge >= 0.3 is 5.97 Å². The van der Waals surface area contributed by atoms with Crippen molar-refractivity contribution in [2.24, 2.45) is 0 Å². The van der Waals surface area contributed by atoms with Crippen LogP contribution in [-0.4, -0.2) is 36.3 Å². The lowest BCUT2D eigenvalue weighted by atomic mass is 10.3. The van der Waals surface area contributed by atoms with Crippen molar-refractivity contribution in [3.63, 3.8) is 0 Å². The maximum atomic E-state index is 10.8. The lowest BCUT2D eigenvalue weighted by Crippen LogP contribution is -2.36. The highest BCUT2D eigenvalue weighted by atomic mass is 16.5. The molecule has 5 nitrogen and oxygen atoms in total. The van der Waals surface area contributed by atoms with Gasteiger partial charge in [0.15, 0.2) is 11.6 Å². The summed E-state index contributed by atoms with van der Waals surface area (Å²) in [5.41, 5.74) is 0. The Hall–Kier alpha value is -1.78. The Balaban J connectivity index is 2.99. The van der Waals surface area contributed by atoms with Crippen LogP contribution in [0.1, 0.15) is 6.92 Å². The maximum Gasteiger partial charge on any atom is 0.326 e. The number of hydrogen-bond donors (Lipinski definition) is 1. The highest BCUT2D eigenvalue weighted by Gasteiger charge is 2.20. The number of likely N-dealkylation sites (N-methyl/N-ethyl adjacent to an activating group) is 1. The molecule has 1 rings (SSSR count). The number of pyridine rings is 1. The molecule has 0 bridgehead atoms. The first-order chi connectivity index (χ1) is 7.07. The van der Waals surface area contributed by atoms with Crippen molar-refractivity contribution in [3.8, 4) is 5.75 Å². The van der Waals surface area contributed by atoms with E-state index >= 15 is 0 Å². The number of carboxylic acid groups (broad SMARTS) is 1. The molecule has 1 aromatic rings. The normalized spacial score (nSPS) is 11.9. The van der Waals surface area contributed by atoms with Gasteiger partial charge in [0.05, 0.1) is 7.11 Å². The lowest BCUT2D eigenvalue weighted by molar-refractivity contribution is -0.138. The third-order valence-corrected chi connectivity index (χ3v) is 2.24. The maximum absolute atomic E-state index is 10.8. The molecule has 1 atom stereocenters. The van der Waals surface area contributed by atoms with E-state index in [1.165, 1.54) is 7.11 Å². The number of carbonyl (C=O) groups is 1. The number of carboxylic acids is 1. The second kappa shape index (κ2) is 4.63. The van der Waals surface area contributed by atoms with Crippen LogP contribution in [0.25, 0.3) is 0 Å². The number of nitrogens with zero attached hydrogens (tertiary/aromatic N) is 2. The standard InChI is InChI=1S/C10H14N2O3/c1-7(10(13)14)12(2)9-8(15-3)5-4-6-11-9/h4-7H,1-3H3,(H,13,14). The highest BCUT2D eigenvalue weighted by Crippen LogP contribution is 2.24. The van der Waals surface area contributed by atoms with Gasteiger partial charge in [-0.3, -0.25) is 0 Å². The Bertz CT molecular complexity index is 354. The van der Waals surface area contributed by atoms with Gasteiger partial charge in [-0.05, 0) is 19.1 Å². The second-order valence-corrected chi connectivity index (χ2v) is 3.15. The van der Waals surface area contributed by atoms with E-state index in [-0.39, 0.29) is 0 Å². The van der Waals surface area contributed by atoms with E-state index in [9.17, 15) is 4.79 Å². The largest absolute Gasteiger partial charge is 0.493 e. The van der Waals surface area contributed by atoms with Gasteiger partial charge in [0.25, 0.3) is 0 Å². The lowest BCUT2D eigenvalue weighted by Gasteiger charge is -2.23. The molecule has 0 saturated carbocycles. The zero-order chi connectivity index (χ0) is 11.4. The van der Waals surface area contributed by atoms with Crippen molar-refractivity contribution in [3.05, 3.63) is 18.3 Å². The smallest absolute Gasteiger partial charge is 0.326 e. The van der Waals surface area contributed by atoms with Gasteiger partial charge in [-0.25, -0.2) is 9.78 Å². The second-order valence-electron chi connectivity index (χ2n) is 3.15. The minimum absolute atomic E-state index is 0.523. The molecule has 0 aliphatic rings. The van der Waals surface area contributed by atoms with E-state index in [1.807, 2.05) is 0 Å². The van der Waals surface area contributed by atoms with Crippen LogP contribution < -0.4 is 9.64 Å². The zero-order valence-electron chi connectivity index (χ0n) is 8.97. The van der Waals surface area contributed by atoms with Crippen LogP contribution in [0.15, 0.2) is 18.3 Å². The molecule has 1 aromatic heterocycles. The molecule has 15 heavy (non-hydrogen) atoms. The predicted molar refractivity (Wildman–Crippen MR) is 56.3 cm³/mol. The van der Waals surface area contributed by atoms with Gasteiger partial charge in [-0.1, -0.05) is 0 Å². The number of anilines is 1. The molecular formula is C10H14N2O3. The average Bonchev–Trinajstić information content (AvgIpc) is 2.26. The van der Waals surface area contributed by atoms with E-state index in [2.05, 4.69) is 4.98 Å². The summed E-state index contributed by atoms with van der Waals surface area (Å²) in [7, 11) is 3.20. The van der Waals surface area contributed by atoms with Gasteiger partial charge in [-0.2, -0.15) is 0 Å². The van der Waals surface area contributed by atoms with Crippen LogP contribution in [0.2, 0.25) is 0 Å². The number of aliphatic carboxylic acids is 1. The average molecular weight is 210 g/mol. The summed E-state index contributed by atoms with van der Waals surface area (Å²) < 4.78 is 5.10. The summed E-state index contributed by atoms with van der Waals surface area (Å²) >= 11 is 0. The van der Waals surface area contributed by atoms with Gasteiger partial charge in [0.1, 0.15) is 6.04 Å². The Kier molecular flexibility index (Phi) is 3.49. The van der Waals surface area contributed by atoms with Gasteiger partial charge < -0.3 is 14.7 Å². The van der Waals surface area contributed by atoms with Gasteiger partial charge in [0.2, 0.25) is 0 Å². The van der Waals surface area contributed by atoms with E-state index in [4.69, 9.17) is 9.84 Å². The topological polar surface area (TPSA) is 62.7 Å². The summed E-state index contributed by atoms with van der Waals surface area (Å²) in [6, 6.07) is 2.84. The SMILES string of the molecule is COc1cccnc1N(C)C(C)C(=O)O. The Morgan fingerprint density at radius 3 is 2.87 bits per heavy atom. The van der Waals surface area contributed by atoms with E-state index in [0.717, 1.165) is 0 Å². The first kappa shape index (κ1) is 11.3. The number of ether oxygens (including phenoxy) is 1. The third kappa shape index (κ3) is 2.37. The molecule has 0 aliphatic carbocycles. The van der Waals surface area contributed by atoms with Crippen LogP contribution >= 0.6 is 0 Å². The highest BCUT2D eigenvalue weighted by molar-refractivity contribution is 5.77. The van der Waals surface area contributed by atoms with Crippen molar-refractivity contribution in [1.29, 1.82) is 0 Å². The molecule has 0 aliphatic heterocycles. The summed E-state index contributed by atoms with van der Waals surface area (Å²) in [6.07, 6.45) is 1.60. The van der Waals surface area contributed by atoms with Crippen LogP contribution in [-0.2, 0) is 4.79 Å². The summed E-state index contributed by atoms with van der Waals surface area (Å²) in [6.45, 7) is 1.59. The summed E-state index contributed by atoms with van der Waals surface area (Å²) in [4.78, 5) is 16.5. The minimum Gasteiger partial charge on any atom is -0.493 e. The van der Waals surface area contributed by atoms with E-state index in [1.54, 1.807) is 37.2 Å². The van der Waals surface area contributed by atoms with Crippen molar-refractivity contribution in [2.75, 3.05) is 19.1 Å². The molecule has 5 heteroatoms. The van der Waals surface area contributed by atoms with Crippen molar-refractivity contribution in [2.45, 2.75) is 13.0 Å². The fourth-order valence-electron chi connectivity index (χ4n) is 1.16. The summed E-state index contributed by atoms with van der Waals surface area (Å²) in [5, 5.41) is 8.87. The van der Waals surface area contributed by atoms with E-state index < -0.39 is 12.0 Å². The number of aromatic nitrogens is 1. The molecule has 82 valence electrons. The third-order valence-electron chi connectivity index (χ3n) is 2.24. The van der Waals surface area contributed by atoms with Crippen molar-refractivity contribution < 1.29 is 14.6 Å². The number of hydrogen-bond acceptors (Lipinski definition) is 4. The number of methoxy groups -OCH3 is 1. The van der Waals surface area contributed by atoms with Gasteiger partial charge in [0, 0.05) is 13.2 Å². The van der Waals surface area contributed by atoms with E-state index in [0.29, 0.717) is 11.6 Å². The molecule has 1 N–H and O–H groups in total. The quantitative estimate of drug-likeness (QED) is 0.803. The van der Waals surface area contributed by atoms with Crippen LogP contribution in [0.3, 0.4) is 0 Å². The molecule has 0 aromatic carbocycles. The molecule has 0 radical (unpaired) electrons. The first-order valence-electron chi connectivity index (χ1n) is 4.52. The monoisotopic (exact) mass is 210 g/mol. The summed E-state index contributed by atoms with van der Waals surface area (Å²) in [5.74, 6) is 0.188. The van der Waals surface area contributed by atoms with Crippen molar-refractivity contribution >= 4 is 11.8 Å². The fourth-order valence-corrected chi connectivity index (χ4v) is 1.16. The van der Waals surface area contributed by atoms with Crippen molar-refractivity contribution in [1.82, 2.24) is 4.98 Å². The van der Waals surface area contributed by atoms with Gasteiger partial charge in [-0.15, -0.1) is 0 Å². The molecule has 0 fully saturated rings. The Morgan fingerprint density at radius 2 is 2.33 bits per heavy atom.